The number of carbonyl (C=O) groups excluding carboxylic acids is 1. The quantitative estimate of drug-likeness (QED) is 0.894. The maximum Gasteiger partial charge on any atom is 0.293 e. The Kier molecular flexibility index (Phi) is 3.57. The van der Waals surface area contributed by atoms with Gasteiger partial charge in [0, 0.05) is 13.6 Å². The van der Waals surface area contributed by atoms with Gasteiger partial charge in [-0.2, -0.15) is 5.26 Å². The number of aryl methyl sites for hydroxylation is 1. The molecule has 0 spiro atoms. The molecule has 0 fully saturated rings. The minimum atomic E-state index is -0.242. The van der Waals surface area contributed by atoms with Gasteiger partial charge in [-0.25, -0.2) is 4.98 Å². The van der Waals surface area contributed by atoms with Crippen LogP contribution in [0.25, 0.3) is 0 Å². The average molecular weight is 255 g/mol. The van der Waals surface area contributed by atoms with E-state index in [1.165, 1.54) is 4.90 Å². The first-order valence-corrected chi connectivity index (χ1v) is 5.73. The Morgan fingerprint density at radius 2 is 2.11 bits per heavy atom. The van der Waals surface area contributed by atoms with E-state index < -0.39 is 0 Å². The molecule has 1 amide bonds. The average Bonchev–Trinajstić information content (AvgIpc) is 2.85. The van der Waals surface area contributed by atoms with Crippen LogP contribution >= 0.6 is 0 Å². The number of hydrogen-bond donors (Lipinski definition) is 1. The van der Waals surface area contributed by atoms with E-state index in [1.807, 2.05) is 12.1 Å². The summed E-state index contributed by atoms with van der Waals surface area (Å²) in [5, 5.41) is 15.2. The van der Waals surface area contributed by atoms with Gasteiger partial charge >= 0.3 is 0 Å². The third kappa shape index (κ3) is 2.96. The van der Waals surface area contributed by atoms with Crippen molar-refractivity contribution in [3.8, 4) is 6.07 Å². The van der Waals surface area contributed by atoms with Crippen LogP contribution in [0.2, 0.25) is 0 Å². The Morgan fingerprint density at radius 3 is 2.63 bits per heavy atom. The number of rotatable bonds is 3. The number of benzene rings is 1. The van der Waals surface area contributed by atoms with Crippen molar-refractivity contribution in [1.29, 1.82) is 5.26 Å². The van der Waals surface area contributed by atoms with E-state index in [-0.39, 0.29) is 11.7 Å². The lowest BCUT2D eigenvalue weighted by molar-refractivity contribution is 0.0773. The monoisotopic (exact) mass is 255 g/mol. The van der Waals surface area contributed by atoms with E-state index in [2.05, 4.69) is 21.3 Å². The van der Waals surface area contributed by atoms with Crippen molar-refractivity contribution >= 4 is 5.91 Å². The second-order valence-electron chi connectivity index (χ2n) is 4.21. The maximum atomic E-state index is 12.0. The van der Waals surface area contributed by atoms with Crippen LogP contribution in [0, 0.1) is 18.3 Å². The number of carbonyl (C=O) groups is 1. The van der Waals surface area contributed by atoms with Crippen molar-refractivity contribution in [3.63, 3.8) is 0 Å². The molecule has 6 heteroatoms. The van der Waals surface area contributed by atoms with Gasteiger partial charge in [0.05, 0.1) is 11.6 Å². The number of nitriles is 1. The van der Waals surface area contributed by atoms with Crippen molar-refractivity contribution in [3.05, 3.63) is 47.0 Å². The molecule has 1 heterocycles. The first-order valence-electron chi connectivity index (χ1n) is 5.73. The highest BCUT2D eigenvalue weighted by Crippen LogP contribution is 2.07. The van der Waals surface area contributed by atoms with Crippen LogP contribution in [0.5, 0.6) is 0 Å². The molecular formula is C13H13N5O. The molecule has 0 aliphatic heterocycles. The summed E-state index contributed by atoms with van der Waals surface area (Å²) in [7, 11) is 1.69. The van der Waals surface area contributed by atoms with E-state index in [4.69, 9.17) is 5.26 Å². The Morgan fingerprint density at radius 1 is 1.42 bits per heavy atom. The lowest BCUT2D eigenvalue weighted by Gasteiger charge is -2.15. The molecule has 0 aliphatic carbocycles. The SMILES string of the molecule is Cc1nc(C(=O)N(C)Cc2ccc(C#N)cc2)n[nH]1. The summed E-state index contributed by atoms with van der Waals surface area (Å²) in [6.45, 7) is 2.18. The van der Waals surface area contributed by atoms with E-state index >= 15 is 0 Å². The Labute approximate surface area is 110 Å². The van der Waals surface area contributed by atoms with E-state index in [1.54, 1.807) is 26.1 Å². The Hall–Kier alpha value is -2.68. The van der Waals surface area contributed by atoms with Gasteiger partial charge in [0.1, 0.15) is 5.82 Å². The smallest absolute Gasteiger partial charge is 0.293 e. The summed E-state index contributed by atoms with van der Waals surface area (Å²) < 4.78 is 0. The molecule has 0 saturated carbocycles. The molecule has 0 aliphatic rings. The number of aromatic amines is 1. The summed E-state index contributed by atoms with van der Waals surface area (Å²) in [6.07, 6.45) is 0. The van der Waals surface area contributed by atoms with Gasteiger partial charge in [-0.3, -0.25) is 9.89 Å². The van der Waals surface area contributed by atoms with Crippen LogP contribution in [0.1, 0.15) is 27.6 Å². The maximum absolute atomic E-state index is 12.0. The molecule has 0 saturated heterocycles. The molecule has 1 aromatic heterocycles. The van der Waals surface area contributed by atoms with E-state index in [0.29, 0.717) is 17.9 Å². The summed E-state index contributed by atoms with van der Waals surface area (Å²) >= 11 is 0. The third-order valence-electron chi connectivity index (χ3n) is 2.64. The molecule has 1 N–H and O–H groups in total. The molecule has 2 rings (SSSR count). The second kappa shape index (κ2) is 5.31. The van der Waals surface area contributed by atoms with Gasteiger partial charge in [-0.1, -0.05) is 12.1 Å². The van der Waals surface area contributed by atoms with Gasteiger partial charge in [0.25, 0.3) is 5.91 Å². The summed E-state index contributed by atoms with van der Waals surface area (Å²) in [4.78, 5) is 17.5. The zero-order chi connectivity index (χ0) is 13.8. The minimum Gasteiger partial charge on any atom is -0.335 e. The summed E-state index contributed by atoms with van der Waals surface area (Å²) in [6, 6.07) is 9.16. The Balaban J connectivity index is 2.06. The summed E-state index contributed by atoms with van der Waals surface area (Å²) in [5.74, 6) is 0.525. The predicted octanol–water partition coefficient (Wildman–Crippen LogP) is 1.26. The topological polar surface area (TPSA) is 85.7 Å². The Bertz CT molecular complexity index is 623. The fourth-order valence-corrected chi connectivity index (χ4v) is 1.64. The summed E-state index contributed by atoms with van der Waals surface area (Å²) in [5.41, 5.74) is 1.55. The van der Waals surface area contributed by atoms with Crippen LogP contribution in [-0.4, -0.2) is 33.0 Å². The second-order valence-corrected chi connectivity index (χ2v) is 4.21. The van der Waals surface area contributed by atoms with Gasteiger partial charge in [0.15, 0.2) is 0 Å². The normalized spacial score (nSPS) is 9.95. The number of amides is 1. The van der Waals surface area contributed by atoms with Crippen molar-refractivity contribution in [2.24, 2.45) is 0 Å². The fraction of sp³-hybridized carbons (Fsp3) is 0.231. The predicted molar refractivity (Wildman–Crippen MR) is 68.1 cm³/mol. The molecule has 0 radical (unpaired) electrons. The zero-order valence-electron chi connectivity index (χ0n) is 10.7. The van der Waals surface area contributed by atoms with Crippen molar-refractivity contribution < 1.29 is 4.79 Å². The molecule has 0 bridgehead atoms. The van der Waals surface area contributed by atoms with Crippen molar-refractivity contribution in [2.45, 2.75) is 13.5 Å². The van der Waals surface area contributed by atoms with Crippen LogP contribution in [0.3, 0.4) is 0 Å². The zero-order valence-corrected chi connectivity index (χ0v) is 10.7. The molecule has 0 unspecified atom stereocenters. The lowest BCUT2D eigenvalue weighted by atomic mass is 10.1. The van der Waals surface area contributed by atoms with E-state index in [9.17, 15) is 4.79 Å². The molecule has 6 nitrogen and oxygen atoms in total. The van der Waals surface area contributed by atoms with Crippen LogP contribution in [0.15, 0.2) is 24.3 Å². The number of hydrogen-bond acceptors (Lipinski definition) is 4. The fourth-order valence-electron chi connectivity index (χ4n) is 1.64. The van der Waals surface area contributed by atoms with Crippen LogP contribution in [-0.2, 0) is 6.54 Å². The molecule has 1 aromatic carbocycles. The van der Waals surface area contributed by atoms with Crippen LogP contribution < -0.4 is 0 Å². The molecule has 0 atom stereocenters. The number of nitrogens with zero attached hydrogens (tertiary/aromatic N) is 4. The largest absolute Gasteiger partial charge is 0.335 e. The minimum absolute atomic E-state index is 0.161. The van der Waals surface area contributed by atoms with Gasteiger partial charge < -0.3 is 4.90 Å². The molecule has 19 heavy (non-hydrogen) atoms. The molecule has 2 aromatic rings. The van der Waals surface area contributed by atoms with E-state index in [0.717, 1.165) is 5.56 Å². The molecule has 96 valence electrons. The highest BCUT2D eigenvalue weighted by atomic mass is 16.2. The third-order valence-corrected chi connectivity index (χ3v) is 2.64. The first kappa shape index (κ1) is 12.8. The number of nitrogens with one attached hydrogen (secondary N) is 1. The lowest BCUT2D eigenvalue weighted by Crippen LogP contribution is -2.27. The van der Waals surface area contributed by atoms with Crippen molar-refractivity contribution in [1.82, 2.24) is 20.1 Å². The number of H-pyrrole nitrogens is 1. The van der Waals surface area contributed by atoms with Gasteiger partial charge in [-0.05, 0) is 24.6 Å². The highest BCUT2D eigenvalue weighted by molar-refractivity contribution is 5.90. The standard InChI is InChI=1S/C13H13N5O/c1-9-15-12(17-16-9)13(19)18(2)8-11-5-3-10(7-14)4-6-11/h3-6H,8H2,1-2H3,(H,15,16,17). The van der Waals surface area contributed by atoms with Gasteiger partial charge in [-0.15, -0.1) is 5.10 Å². The van der Waals surface area contributed by atoms with Gasteiger partial charge in [0.2, 0.25) is 5.82 Å². The number of aromatic nitrogens is 3. The van der Waals surface area contributed by atoms with Crippen molar-refractivity contribution in [2.75, 3.05) is 7.05 Å². The molecular weight excluding hydrogens is 242 g/mol. The first-order chi connectivity index (χ1) is 9.10. The van der Waals surface area contributed by atoms with Crippen LogP contribution in [0.4, 0.5) is 0 Å². The highest BCUT2D eigenvalue weighted by Gasteiger charge is 2.16.